The van der Waals surface area contributed by atoms with E-state index in [2.05, 4.69) is 35.6 Å². The number of aryl methyl sites for hydroxylation is 1. The first-order valence-corrected chi connectivity index (χ1v) is 19.8. The summed E-state index contributed by atoms with van der Waals surface area (Å²) < 4.78 is 28.9. The van der Waals surface area contributed by atoms with Crippen molar-refractivity contribution < 1.29 is 42.9 Å². The van der Waals surface area contributed by atoms with Gasteiger partial charge in [-0.3, -0.25) is 14.4 Å². The number of carbonyl (C=O) groups excluding carboxylic acids is 3. The summed E-state index contributed by atoms with van der Waals surface area (Å²) in [5.74, 6) is 0.132. The Morgan fingerprint density at radius 3 is 2.23 bits per heavy atom. The molecule has 6 rings (SSSR count). The maximum atomic E-state index is 12.9. The second kappa shape index (κ2) is 22.3. The van der Waals surface area contributed by atoms with Gasteiger partial charge in [0.25, 0.3) is 11.9 Å². The van der Waals surface area contributed by atoms with Crippen molar-refractivity contribution in [3.05, 3.63) is 42.5 Å². The lowest BCUT2D eigenvalue weighted by atomic mass is 10.1. The summed E-state index contributed by atoms with van der Waals surface area (Å²) in [5, 5.41) is 19.5. The first-order valence-electron chi connectivity index (χ1n) is 19.8. The minimum absolute atomic E-state index is 0.0175. The number of nitrogen functional groups attached to an aromatic ring is 2. The van der Waals surface area contributed by atoms with Gasteiger partial charge in [-0.2, -0.15) is 10.1 Å². The molecule has 5 heterocycles. The third-order valence-electron chi connectivity index (χ3n) is 9.42. The lowest BCUT2D eigenvalue weighted by Gasteiger charge is -2.34. The van der Waals surface area contributed by atoms with Gasteiger partial charge in [0, 0.05) is 63.8 Å². The quantitative estimate of drug-likeness (QED) is 0.0512. The van der Waals surface area contributed by atoms with Gasteiger partial charge in [-0.25, -0.2) is 24.6 Å². The van der Waals surface area contributed by atoms with Crippen LogP contribution in [0.1, 0.15) is 29.6 Å². The van der Waals surface area contributed by atoms with E-state index in [0.717, 1.165) is 5.56 Å². The zero-order chi connectivity index (χ0) is 42.1. The number of hydrogen-bond acceptors (Lipinski definition) is 18. The third-order valence-corrected chi connectivity index (χ3v) is 9.42. The van der Waals surface area contributed by atoms with Crippen molar-refractivity contribution in [1.29, 1.82) is 0 Å². The van der Waals surface area contributed by atoms with Gasteiger partial charge in [0.15, 0.2) is 11.2 Å². The van der Waals surface area contributed by atoms with Crippen molar-refractivity contribution in [2.75, 3.05) is 115 Å². The molecule has 1 fully saturated rings. The highest BCUT2D eigenvalue weighted by Gasteiger charge is 2.23. The molecule has 322 valence electrons. The van der Waals surface area contributed by atoms with Crippen LogP contribution in [0.3, 0.4) is 0 Å². The van der Waals surface area contributed by atoms with E-state index < -0.39 is 12.5 Å². The van der Waals surface area contributed by atoms with E-state index in [9.17, 15) is 14.4 Å². The van der Waals surface area contributed by atoms with Gasteiger partial charge in [-0.05, 0) is 31.0 Å². The molecular formula is C38H51N13O9. The van der Waals surface area contributed by atoms with Crippen LogP contribution >= 0.6 is 0 Å². The summed E-state index contributed by atoms with van der Waals surface area (Å²) in [5.41, 5.74) is 15.5. The van der Waals surface area contributed by atoms with E-state index in [1.54, 1.807) is 15.6 Å². The molecule has 1 aromatic carbocycles. The molecule has 0 saturated carbocycles. The number of aliphatic hydroxyl groups excluding tert-OH is 1. The standard InChI is InChI=1S/C38H51N13O9/c39-34-32-33(26-3-4-29-28(21-26)47-37(40)60-29)48-51(35(32)46-25-45-34)8-2-1-6-42-36(55)27-22-43-38(44-23-27)50-11-9-49(10-12-50)31(54)5-13-56-15-17-58-19-20-59-18-16-57-14-7-41-30(53)24-52/h3-4,21-23,25,52H,1-2,5-20,24H2,(H2,40,47)(H,41,53)(H,42,55)(H2,39,45,46). The lowest BCUT2D eigenvalue weighted by molar-refractivity contribution is -0.132. The summed E-state index contributed by atoms with van der Waals surface area (Å²) in [6.07, 6.45) is 6.10. The number of amides is 3. The van der Waals surface area contributed by atoms with Crippen LogP contribution < -0.4 is 27.0 Å². The number of nitrogens with two attached hydrogens (primary N) is 2. The molecule has 22 heteroatoms. The van der Waals surface area contributed by atoms with Crippen molar-refractivity contribution in [2.45, 2.75) is 25.8 Å². The fourth-order valence-corrected chi connectivity index (χ4v) is 6.33. The van der Waals surface area contributed by atoms with E-state index >= 15 is 0 Å². The zero-order valence-corrected chi connectivity index (χ0v) is 33.3. The van der Waals surface area contributed by atoms with Crippen molar-refractivity contribution in [3.8, 4) is 11.3 Å². The molecule has 1 saturated heterocycles. The first-order chi connectivity index (χ1) is 29.3. The van der Waals surface area contributed by atoms with Gasteiger partial charge in [0.1, 0.15) is 30.0 Å². The van der Waals surface area contributed by atoms with Crippen LogP contribution in [-0.2, 0) is 35.1 Å². The van der Waals surface area contributed by atoms with E-state index in [1.165, 1.54) is 18.7 Å². The zero-order valence-electron chi connectivity index (χ0n) is 33.3. The number of unbranched alkanes of at least 4 members (excludes halogenated alkanes) is 1. The molecular weight excluding hydrogens is 782 g/mol. The Hall–Kier alpha value is -6.07. The molecule has 0 unspecified atom stereocenters. The van der Waals surface area contributed by atoms with Crippen LogP contribution in [0.25, 0.3) is 33.4 Å². The molecule has 1 aliphatic rings. The van der Waals surface area contributed by atoms with Gasteiger partial charge >= 0.3 is 0 Å². The van der Waals surface area contributed by atoms with Crippen LogP contribution in [0.5, 0.6) is 0 Å². The van der Waals surface area contributed by atoms with Crippen LogP contribution in [0.15, 0.2) is 41.3 Å². The van der Waals surface area contributed by atoms with Crippen molar-refractivity contribution >= 4 is 57.6 Å². The summed E-state index contributed by atoms with van der Waals surface area (Å²) in [6, 6.07) is 5.56. The van der Waals surface area contributed by atoms with Crippen LogP contribution in [0, 0.1) is 0 Å². The normalized spacial score (nSPS) is 13.0. The topological polar surface area (TPSA) is 286 Å². The Balaban J connectivity index is 0.817. The summed E-state index contributed by atoms with van der Waals surface area (Å²) in [4.78, 5) is 61.9. The number of fused-ring (bicyclic) bond motifs is 2. The summed E-state index contributed by atoms with van der Waals surface area (Å²) >= 11 is 0. The summed E-state index contributed by atoms with van der Waals surface area (Å²) in [7, 11) is 0. The molecule has 60 heavy (non-hydrogen) atoms. The van der Waals surface area contributed by atoms with E-state index in [0.29, 0.717) is 157 Å². The first kappa shape index (κ1) is 43.5. The second-order valence-corrected chi connectivity index (χ2v) is 13.6. The lowest BCUT2D eigenvalue weighted by Crippen LogP contribution is -2.49. The number of carbonyl (C=O) groups is 3. The molecule has 7 N–H and O–H groups in total. The fourth-order valence-electron chi connectivity index (χ4n) is 6.33. The Morgan fingerprint density at radius 1 is 0.817 bits per heavy atom. The minimum Gasteiger partial charge on any atom is -0.424 e. The Bertz CT molecular complexity index is 2160. The van der Waals surface area contributed by atoms with Crippen molar-refractivity contribution in [1.82, 2.24) is 50.2 Å². The molecule has 4 aromatic heterocycles. The maximum Gasteiger partial charge on any atom is 0.292 e. The third kappa shape index (κ3) is 12.2. The number of nitrogens with one attached hydrogen (secondary N) is 2. The van der Waals surface area contributed by atoms with E-state index in [4.69, 9.17) is 45.0 Å². The Morgan fingerprint density at radius 2 is 1.52 bits per heavy atom. The number of aromatic nitrogens is 7. The molecule has 0 atom stereocenters. The van der Waals surface area contributed by atoms with Crippen molar-refractivity contribution in [2.24, 2.45) is 0 Å². The minimum atomic E-state index is -0.538. The molecule has 5 aromatic rings. The van der Waals surface area contributed by atoms with Gasteiger partial charge in [0.2, 0.25) is 17.8 Å². The number of piperazine rings is 1. The number of hydrogen-bond donors (Lipinski definition) is 5. The number of nitrogens with zero attached hydrogens (tertiary/aromatic N) is 9. The smallest absolute Gasteiger partial charge is 0.292 e. The van der Waals surface area contributed by atoms with Gasteiger partial charge in [0.05, 0.1) is 70.2 Å². The Labute approximate surface area is 344 Å². The molecule has 0 aliphatic carbocycles. The molecule has 1 aliphatic heterocycles. The molecule has 3 amide bonds. The van der Waals surface area contributed by atoms with Crippen LogP contribution in [0.4, 0.5) is 17.8 Å². The molecule has 0 spiro atoms. The number of benzene rings is 1. The summed E-state index contributed by atoms with van der Waals surface area (Å²) in [6.45, 7) is 5.98. The molecule has 22 nitrogen and oxygen atoms in total. The number of aliphatic hydroxyl groups is 1. The predicted molar refractivity (Wildman–Crippen MR) is 218 cm³/mol. The number of oxazole rings is 1. The number of rotatable bonds is 24. The van der Waals surface area contributed by atoms with Gasteiger partial charge in [-0.1, -0.05) is 0 Å². The number of ether oxygens (including phenoxy) is 4. The highest BCUT2D eigenvalue weighted by Crippen LogP contribution is 2.32. The van der Waals surface area contributed by atoms with Crippen LogP contribution in [0.2, 0.25) is 0 Å². The van der Waals surface area contributed by atoms with Gasteiger partial charge < -0.3 is 60.4 Å². The van der Waals surface area contributed by atoms with Crippen molar-refractivity contribution in [3.63, 3.8) is 0 Å². The maximum absolute atomic E-state index is 12.9. The monoisotopic (exact) mass is 833 g/mol. The molecule has 0 bridgehead atoms. The van der Waals surface area contributed by atoms with Gasteiger partial charge in [-0.15, -0.1) is 0 Å². The van der Waals surface area contributed by atoms with E-state index in [-0.39, 0.29) is 24.2 Å². The van der Waals surface area contributed by atoms with E-state index in [1.807, 2.05) is 17.0 Å². The highest BCUT2D eigenvalue weighted by molar-refractivity contribution is 5.99. The average Bonchev–Trinajstić information content (AvgIpc) is 3.84. The largest absolute Gasteiger partial charge is 0.424 e. The number of anilines is 3. The molecule has 0 radical (unpaired) electrons. The second-order valence-electron chi connectivity index (χ2n) is 13.6. The highest BCUT2D eigenvalue weighted by atomic mass is 16.6. The fraction of sp³-hybridized carbons (Fsp3) is 0.500. The van der Waals surface area contributed by atoms with Crippen LogP contribution in [-0.4, -0.2) is 161 Å². The SMILES string of the molecule is Nc1nc2cc(-c3nn(CCCCNC(=O)c4cnc(N5CCN(C(=O)CCOCCOCCOCCOCCNC(=O)CO)CC5)nc4)c4ncnc(N)c34)ccc2o1. The predicted octanol–water partition coefficient (Wildman–Crippen LogP) is 0.0127. The Kier molecular flexibility index (Phi) is 16.2. The average molecular weight is 834 g/mol.